The van der Waals surface area contributed by atoms with E-state index in [-0.39, 0.29) is 27.0 Å². The molecule has 1 aromatic heterocycles. The maximum absolute atomic E-state index is 13.2. The number of thioether (sulfide) groups is 1. The standard InChI is InChI=1S/C18H21ClN2O5S2/c1-21-18(23)13(15(20-21)10-4-5-10)16(22)11-6-7-12(28(3,24)25)17(14(11)19)27-9-8-26-2/h6-7,10,20H,4-5,8-9H2,1-3H3. The molecule has 1 saturated carbocycles. The number of aromatic nitrogens is 2. The van der Waals surface area contributed by atoms with Gasteiger partial charge in [-0.05, 0) is 25.0 Å². The van der Waals surface area contributed by atoms with Crippen molar-refractivity contribution in [3.63, 3.8) is 0 Å². The van der Waals surface area contributed by atoms with Crippen LogP contribution in [0.15, 0.2) is 26.7 Å². The Bertz CT molecular complexity index is 1080. The Balaban J connectivity index is 2.11. The van der Waals surface area contributed by atoms with Gasteiger partial charge >= 0.3 is 0 Å². The van der Waals surface area contributed by atoms with E-state index in [1.165, 1.54) is 28.6 Å². The van der Waals surface area contributed by atoms with E-state index in [1.54, 1.807) is 14.2 Å². The van der Waals surface area contributed by atoms with Crippen molar-refractivity contribution in [2.75, 3.05) is 25.7 Å². The van der Waals surface area contributed by atoms with E-state index < -0.39 is 21.2 Å². The van der Waals surface area contributed by atoms with E-state index in [4.69, 9.17) is 16.3 Å². The molecule has 0 unspecified atom stereocenters. The smallest absolute Gasteiger partial charge is 0.277 e. The summed E-state index contributed by atoms with van der Waals surface area (Å²) in [5, 5.41) is 3.00. The van der Waals surface area contributed by atoms with Crippen LogP contribution in [0.5, 0.6) is 0 Å². The van der Waals surface area contributed by atoms with Gasteiger partial charge in [0.15, 0.2) is 9.84 Å². The summed E-state index contributed by atoms with van der Waals surface area (Å²) in [4.78, 5) is 26.1. The Kier molecular flexibility index (Phi) is 6.09. The Morgan fingerprint density at radius 2 is 2.07 bits per heavy atom. The number of aryl methyl sites for hydroxylation is 1. The van der Waals surface area contributed by atoms with Gasteiger partial charge < -0.3 is 4.74 Å². The minimum atomic E-state index is -3.55. The lowest BCUT2D eigenvalue weighted by molar-refractivity contribution is 0.103. The third kappa shape index (κ3) is 4.07. The highest BCUT2D eigenvalue weighted by Gasteiger charge is 2.34. The summed E-state index contributed by atoms with van der Waals surface area (Å²) >= 11 is 7.69. The molecule has 10 heteroatoms. The lowest BCUT2D eigenvalue weighted by Gasteiger charge is -2.13. The third-order valence-electron chi connectivity index (χ3n) is 4.53. The fourth-order valence-electron chi connectivity index (χ4n) is 2.96. The molecule has 0 saturated heterocycles. The maximum atomic E-state index is 13.2. The van der Waals surface area contributed by atoms with E-state index in [1.807, 2.05) is 0 Å². The molecule has 3 rings (SSSR count). The first-order valence-electron chi connectivity index (χ1n) is 8.64. The van der Waals surface area contributed by atoms with Crippen LogP contribution in [-0.2, 0) is 21.6 Å². The zero-order chi connectivity index (χ0) is 20.6. The van der Waals surface area contributed by atoms with Crippen LogP contribution in [0.3, 0.4) is 0 Å². The summed E-state index contributed by atoms with van der Waals surface area (Å²) in [6, 6.07) is 2.75. The molecule has 28 heavy (non-hydrogen) atoms. The lowest BCUT2D eigenvalue weighted by Crippen LogP contribution is -2.20. The number of carbonyl (C=O) groups is 1. The van der Waals surface area contributed by atoms with E-state index in [0.29, 0.717) is 22.9 Å². The maximum Gasteiger partial charge on any atom is 0.277 e. The topological polar surface area (TPSA) is 98.2 Å². The fourth-order valence-corrected chi connectivity index (χ4v) is 5.72. The second-order valence-electron chi connectivity index (χ2n) is 6.74. The molecule has 1 aliphatic carbocycles. The number of hydrogen-bond acceptors (Lipinski definition) is 6. The van der Waals surface area contributed by atoms with Crippen LogP contribution in [0.2, 0.25) is 5.02 Å². The number of benzene rings is 1. The van der Waals surface area contributed by atoms with Gasteiger partial charge in [-0.2, -0.15) is 0 Å². The molecule has 1 aromatic carbocycles. The predicted molar refractivity (Wildman–Crippen MR) is 109 cm³/mol. The molecular weight excluding hydrogens is 424 g/mol. The number of rotatable bonds is 8. The second kappa shape index (κ2) is 8.06. The fraction of sp³-hybridized carbons (Fsp3) is 0.444. The first-order valence-corrected chi connectivity index (χ1v) is 11.9. The molecule has 2 aromatic rings. The number of halogens is 1. The number of H-pyrrole nitrogens is 1. The largest absolute Gasteiger partial charge is 0.384 e. The minimum Gasteiger partial charge on any atom is -0.384 e. The summed E-state index contributed by atoms with van der Waals surface area (Å²) in [5.74, 6) is 0.134. The second-order valence-corrected chi connectivity index (χ2v) is 10.2. The normalized spacial score (nSPS) is 14.4. The Labute approximate surface area is 172 Å². The minimum absolute atomic E-state index is 0.0408. The Morgan fingerprint density at radius 3 is 2.64 bits per heavy atom. The number of aromatic amines is 1. The lowest BCUT2D eigenvalue weighted by atomic mass is 10.0. The van der Waals surface area contributed by atoms with Gasteiger partial charge in [-0.25, -0.2) is 8.42 Å². The molecule has 0 amide bonds. The molecule has 0 bridgehead atoms. The van der Waals surface area contributed by atoms with E-state index in [0.717, 1.165) is 19.1 Å². The van der Waals surface area contributed by atoms with Gasteiger partial charge in [0.2, 0.25) is 5.78 Å². The van der Waals surface area contributed by atoms with Gasteiger partial charge in [-0.1, -0.05) is 11.6 Å². The highest BCUT2D eigenvalue weighted by molar-refractivity contribution is 8.00. The SMILES string of the molecule is COCCSc1c(S(C)(=O)=O)ccc(C(=O)c2c(C3CC3)[nH]n(C)c2=O)c1Cl. The summed E-state index contributed by atoms with van der Waals surface area (Å²) in [6.45, 7) is 0.395. The van der Waals surface area contributed by atoms with Crippen LogP contribution in [0.1, 0.15) is 40.4 Å². The molecule has 0 aliphatic heterocycles. The first kappa shape index (κ1) is 21.2. The molecule has 0 spiro atoms. The van der Waals surface area contributed by atoms with Crippen molar-refractivity contribution in [1.82, 2.24) is 9.78 Å². The average Bonchev–Trinajstić information content (AvgIpc) is 3.41. The summed E-state index contributed by atoms with van der Waals surface area (Å²) in [6.07, 6.45) is 2.92. The van der Waals surface area contributed by atoms with Crippen LogP contribution < -0.4 is 5.56 Å². The van der Waals surface area contributed by atoms with Crippen molar-refractivity contribution in [2.45, 2.75) is 28.6 Å². The number of nitrogens with zero attached hydrogens (tertiary/aromatic N) is 1. The Morgan fingerprint density at radius 1 is 1.39 bits per heavy atom. The monoisotopic (exact) mass is 444 g/mol. The molecular formula is C18H21ClN2O5S2. The van der Waals surface area contributed by atoms with Gasteiger partial charge in [0.1, 0.15) is 5.56 Å². The summed E-state index contributed by atoms with van der Waals surface area (Å²) in [7, 11) is -0.442. The van der Waals surface area contributed by atoms with Crippen LogP contribution in [0.4, 0.5) is 0 Å². The third-order valence-corrected chi connectivity index (χ3v) is 7.38. The van der Waals surface area contributed by atoms with E-state index >= 15 is 0 Å². The number of ether oxygens (including phenoxy) is 1. The van der Waals surface area contributed by atoms with Crippen molar-refractivity contribution in [3.05, 3.63) is 44.3 Å². The number of sulfone groups is 1. The van der Waals surface area contributed by atoms with Crippen molar-refractivity contribution in [1.29, 1.82) is 0 Å². The highest BCUT2D eigenvalue weighted by Crippen LogP contribution is 2.41. The average molecular weight is 445 g/mol. The molecule has 7 nitrogen and oxygen atoms in total. The van der Waals surface area contributed by atoms with Crippen molar-refractivity contribution >= 4 is 39.0 Å². The van der Waals surface area contributed by atoms with Gasteiger partial charge in [0.25, 0.3) is 5.56 Å². The number of nitrogens with one attached hydrogen (secondary N) is 1. The van der Waals surface area contributed by atoms with Crippen LogP contribution in [-0.4, -0.2) is 49.7 Å². The van der Waals surface area contributed by atoms with Crippen molar-refractivity contribution in [3.8, 4) is 0 Å². The van der Waals surface area contributed by atoms with Gasteiger partial charge in [-0.15, -0.1) is 11.8 Å². The molecule has 0 radical (unpaired) electrons. The summed E-state index contributed by atoms with van der Waals surface area (Å²) < 4.78 is 30.6. The molecule has 1 heterocycles. The summed E-state index contributed by atoms with van der Waals surface area (Å²) in [5.41, 5.74) is 0.400. The van der Waals surface area contributed by atoms with Gasteiger partial charge in [-0.3, -0.25) is 19.4 Å². The van der Waals surface area contributed by atoms with Gasteiger partial charge in [0.05, 0.1) is 22.2 Å². The predicted octanol–water partition coefficient (Wildman–Crippen LogP) is 2.62. The van der Waals surface area contributed by atoms with Crippen LogP contribution >= 0.6 is 23.4 Å². The van der Waals surface area contributed by atoms with E-state index in [2.05, 4.69) is 5.10 Å². The zero-order valence-corrected chi connectivity index (χ0v) is 18.1. The Hall–Kier alpha value is -1.55. The number of hydrogen-bond donors (Lipinski definition) is 1. The molecule has 1 N–H and O–H groups in total. The number of carbonyl (C=O) groups excluding carboxylic acids is 1. The number of methoxy groups -OCH3 is 1. The first-order chi connectivity index (χ1) is 13.2. The highest BCUT2D eigenvalue weighted by atomic mass is 35.5. The molecule has 1 fully saturated rings. The van der Waals surface area contributed by atoms with Crippen LogP contribution in [0.25, 0.3) is 0 Å². The van der Waals surface area contributed by atoms with Gasteiger partial charge in [0, 0.05) is 42.5 Å². The molecule has 152 valence electrons. The number of ketones is 1. The van der Waals surface area contributed by atoms with Crippen LogP contribution in [0, 0.1) is 0 Å². The zero-order valence-electron chi connectivity index (χ0n) is 15.7. The molecule has 1 aliphatic rings. The quantitative estimate of drug-likeness (QED) is 0.382. The molecule has 0 atom stereocenters. The van der Waals surface area contributed by atoms with E-state index in [9.17, 15) is 18.0 Å². The van der Waals surface area contributed by atoms with Crippen molar-refractivity contribution < 1.29 is 17.9 Å². The van der Waals surface area contributed by atoms with Crippen molar-refractivity contribution in [2.24, 2.45) is 7.05 Å².